The highest BCUT2D eigenvalue weighted by Gasteiger charge is 2.32. The maximum absolute atomic E-state index is 13.0. The van der Waals surface area contributed by atoms with E-state index in [0.29, 0.717) is 5.69 Å². The molecule has 0 aromatic carbocycles. The van der Waals surface area contributed by atoms with Crippen molar-refractivity contribution in [2.24, 2.45) is 0 Å². The number of halogens is 4. The van der Waals surface area contributed by atoms with Crippen LogP contribution in [0.5, 0.6) is 0 Å². The Morgan fingerprint density at radius 1 is 1.36 bits per heavy atom. The third-order valence-corrected chi connectivity index (χ3v) is 3.83. The average Bonchev–Trinajstić information content (AvgIpc) is 2.89. The Kier molecular flexibility index (Phi) is 4.38. The van der Waals surface area contributed by atoms with Gasteiger partial charge in [0.15, 0.2) is 5.65 Å². The maximum Gasteiger partial charge on any atom is 0.417 e. The van der Waals surface area contributed by atoms with Gasteiger partial charge in [0, 0.05) is 12.4 Å². The zero-order valence-corrected chi connectivity index (χ0v) is 13.7. The van der Waals surface area contributed by atoms with Crippen molar-refractivity contribution >= 4 is 23.2 Å². The fraction of sp³-hybridized carbons (Fsp3) is 0.188. The van der Waals surface area contributed by atoms with E-state index in [1.807, 2.05) is 0 Å². The second-order valence-corrected chi connectivity index (χ2v) is 5.72. The van der Waals surface area contributed by atoms with Crippen molar-refractivity contribution in [3.05, 3.63) is 64.3 Å². The van der Waals surface area contributed by atoms with Gasteiger partial charge in [-0.25, -0.2) is 4.98 Å². The molecule has 0 saturated heterocycles. The standard InChI is InChI=1S/C16H12ClF3N4O/c1-9-13(15(25)22-7-11-4-2-3-5-21-11)24-8-10(16(18,19)20)6-12(17)14(24)23-9/h2-6,8H,7H2,1H3,(H,22,25). The lowest BCUT2D eigenvalue weighted by atomic mass is 10.2. The predicted octanol–water partition coefficient (Wildman–Crippen LogP) is 3.64. The summed E-state index contributed by atoms with van der Waals surface area (Å²) in [5.41, 5.74) is 0.0337. The lowest BCUT2D eigenvalue weighted by Crippen LogP contribution is -2.25. The molecule has 0 fully saturated rings. The van der Waals surface area contributed by atoms with Gasteiger partial charge in [-0.05, 0) is 25.1 Å². The zero-order chi connectivity index (χ0) is 18.2. The number of alkyl halides is 3. The van der Waals surface area contributed by atoms with Crippen LogP contribution in [-0.2, 0) is 12.7 Å². The lowest BCUT2D eigenvalue weighted by Gasteiger charge is -2.10. The van der Waals surface area contributed by atoms with Gasteiger partial charge in [0.1, 0.15) is 5.69 Å². The van der Waals surface area contributed by atoms with E-state index in [1.165, 1.54) is 6.92 Å². The normalized spacial score (nSPS) is 11.7. The zero-order valence-electron chi connectivity index (χ0n) is 12.9. The van der Waals surface area contributed by atoms with Crippen LogP contribution in [0.3, 0.4) is 0 Å². The minimum Gasteiger partial charge on any atom is -0.345 e. The van der Waals surface area contributed by atoms with Crippen molar-refractivity contribution in [3.8, 4) is 0 Å². The molecule has 0 unspecified atom stereocenters. The molecule has 3 aromatic rings. The topological polar surface area (TPSA) is 59.3 Å². The molecule has 3 heterocycles. The summed E-state index contributed by atoms with van der Waals surface area (Å²) in [6.07, 6.45) is -2.19. The van der Waals surface area contributed by atoms with E-state index in [0.717, 1.165) is 16.7 Å². The van der Waals surface area contributed by atoms with Crippen LogP contribution in [0.1, 0.15) is 27.4 Å². The number of nitrogens with zero attached hydrogens (tertiary/aromatic N) is 3. The van der Waals surface area contributed by atoms with E-state index in [-0.39, 0.29) is 28.6 Å². The molecule has 0 bridgehead atoms. The summed E-state index contributed by atoms with van der Waals surface area (Å²) in [5, 5.41) is 2.45. The molecule has 0 saturated carbocycles. The number of hydrogen-bond acceptors (Lipinski definition) is 3. The summed E-state index contributed by atoms with van der Waals surface area (Å²) in [4.78, 5) is 20.6. The van der Waals surface area contributed by atoms with Crippen molar-refractivity contribution in [2.75, 3.05) is 0 Å². The van der Waals surface area contributed by atoms with Crippen LogP contribution in [0.15, 0.2) is 36.7 Å². The molecule has 130 valence electrons. The van der Waals surface area contributed by atoms with Gasteiger partial charge in [-0.2, -0.15) is 13.2 Å². The number of carbonyl (C=O) groups excluding carboxylic acids is 1. The molecule has 0 aliphatic carbocycles. The highest BCUT2D eigenvalue weighted by atomic mass is 35.5. The molecule has 0 aliphatic heterocycles. The fourth-order valence-corrected chi connectivity index (χ4v) is 2.65. The lowest BCUT2D eigenvalue weighted by molar-refractivity contribution is -0.137. The van der Waals surface area contributed by atoms with Gasteiger partial charge < -0.3 is 5.32 Å². The molecule has 3 rings (SSSR count). The highest BCUT2D eigenvalue weighted by Crippen LogP contribution is 2.33. The Labute approximate surface area is 145 Å². The molecule has 5 nitrogen and oxygen atoms in total. The summed E-state index contributed by atoms with van der Waals surface area (Å²) in [6.45, 7) is 1.67. The fourth-order valence-electron chi connectivity index (χ4n) is 2.40. The number of pyridine rings is 2. The first kappa shape index (κ1) is 17.2. The first-order chi connectivity index (χ1) is 11.8. The quantitative estimate of drug-likeness (QED) is 0.767. The number of carbonyl (C=O) groups is 1. The van der Waals surface area contributed by atoms with Crippen molar-refractivity contribution in [3.63, 3.8) is 0 Å². The molecule has 1 N–H and O–H groups in total. The van der Waals surface area contributed by atoms with Crippen LogP contribution in [0.25, 0.3) is 5.65 Å². The molecule has 1 amide bonds. The summed E-state index contributed by atoms with van der Waals surface area (Å²) in [5.74, 6) is -0.564. The number of imidazole rings is 1. The number of aryl methyl sites for hydroxylation is 1. The molecule has 0 atom stereocenters. The van der Waals surface area contributed by atoms with E-state index in [9.17, 15) is 18.0 Å². The second-order valence-electron chi connectivity index (χ2n) is 5.32. The summed E-state index contributed by atoms with van der Waals surface area (Å²) in [6, 6.07) is 6.02. The van der Waals surface area contributed by atoms with Gasteiger partial charge in [-0.3, -0.25) is 14.2 Å². The molecule has 9 heteroatoms. The molecule has 3 aromatic heterocycles. The largest absolute Gasteiger partial charge is 0.417 e. The van der Waals surface area contributed by atoms with E-state index in [1.54, 1.807) is 24.4 Å². The van der Waals surface area contributed by atoms with Gasteiger partial charge in [0.2, 0.25) is 0 Å². The van der Waals surface area contributed by atoms with Crippen LogP contribution in [0, 0.1) is 6.92 Å². The van der Waals surface area contributed by atoms with Gasteiger partial charge >= 0.3 is 6.18 Å². The van der Waals surface area contributed by atoms with Crippen LogP contribution in [-0.4, -0.2) is 20.3 Å². The van der Waals surface area contributed by atoms with E-state index in [4.69, 9.17) is 11.6 Å². The van der Waals surface area contributed by atoms with Crippen LogP contribution in [0.2, 0.25) is 5.02 Å². The Balaban J connectivity index is 1.98. The van der Waals surface area contributed by atoms with Gasteiger partial charge in [0.05, 0.1) is 28.5 Å². The smallest absolute Gasteiger partial charge is 0.345 e. The third-order valence-electron chi connectivity index (χ3n) is 3.55. The second kappa shape index (κ2) is 6.36. The average molecular weight is 369 g/mol. The van der Waals surface area contributed by atoms with Gasteiger partial charge in [0.25, 0.3) is 5.91 Å². The number of aromatic nitrogens is 3. The molecular weight excluding hydrogens is 357 g/mol. The van der Waals surface area contributed by atoms with E-state index >= 15 is 0 Å². The molecular formula is C16H12ClF3N4O. The number of fused-ring (bicyclic) bond motifs is 1. The molecule has 25 heavy (non-hydrogen) atoms. The number of amides is 1. The third kappa shape index (κ3) is 3.43. The first-order valence-electron chi connectivity index (χ1n) is 7.21. The minimum absolute atomic E-state index is 0.000990. The number of hydrogen-bond donors (Lipinski definition) is 1. The van der Waals surface area contributed by atoms with E-state index < -0.39 is 17.6 Å². The van der Waals surface area contributed by atoms with Crippen LogP contribution in [0.4, 0.5) is 13.2 Å². The summed E-state index contributed by atoms with van der Waals surface area (Å²) < 4.78 is 40.1. The highest BCUT2D eigenvalue weighted by molar-refractivity contribution is 6.33. The Morgan fingerprint density at radius 3 is 2.76 bits per heavy atom. The first-order valence-corrected chi connectivity index (χ1v) is 7.58. The van der Waals surface area contributed by atoms with Crippen molar-refractivity contribution in [1.29, 1.82) is 0 Å². The van der Waals surface area contributed by atoms with Crippen LogP contribution >= 0.6 is 11.6 Å². The summed E-state index contributed by atoms with van der Waals surface area (Å²) >= 11 is 5.91. The predicted molar refractivity (Wildman–Crippen MR) is 85.3 cm³/mol. The summed E-state index contributed by atoms with van der Waals surface area (Å²) in [7, 11) is 0. The van der Waals surface area contributed by atoms with Crippen molar-refractivity contribution in [1.82, 2.24) is 19.7 Å². The monoisotopic (exact) mass is 368 g/mol. The Morgan fingerprint density at radius 2 is 2.12 bits per heavy atom. The Hall–Kier alpha value is -2.61. The molecule has 0 spiro atoms. The molecule has 0 aliphatic rings. The van der Waals surface area contributed by atoms with Gasteiger partial charge in [-0.15, -0.1) is 0 Å². The number of nitrogens with one attached hydrogen (secondary N) is 1. The van der Waals surface area contributed by atoms with Crippen molar-refractivity contribution in [2.45, 2.75) is 19.6 Å². The molecule has 0 radical (unpaired) electrons. The SMILES string of the molecule is Cc1nc2c(Cl)cc(C(F)(F)F)cn2c1C(=O)NCc1ccccn1. The van der Waals surface area contributed by atoms with Crippen molar-refractivity contribution < 1.29 is 18.0 Å². The Bertz CT molecular complexity index is 938. The number of rotatable bonds is 3. The minimum atomic E-state index is -4.59. The van der Waals surface area contributed by atoms with E-state index in [2.05, 4.69) is 15.3 Å². The van der Waals surface area contributed by atoms with Crippen LogP contribution < -0.4 is 5.32 Å². The van der Waals surface area contributed by atoms with Gasteiger partial charge in [-0.1, -0.05) is 17.7 Å². The maximum atomic E-state index is 13.0.